The number of rotatable bonds is 7. The first-order chi connectivity index (χ1) is 15.6. The van der Waals surface area contributed by atoms with Crippen LogP contribution in [-0.4, -0.2) is 36.3 Å². The molecule has 162 valence electrons. The van der Waals surface area contributed by atoms with Crippen LogP contribution in [0.1, 0.15) is 25.1 Å². The van der Waals surface area contributed by atoms with Gasteiger partial charge in [0, 0.05) is 23.5 Å². The lowest BCUT2D eigenvalue weighted by Crippen LogP contribution is -2.38. The first-order valence-corrected chi connectivity index (χ1v) is 10.1. The molecule has 2 aromatic rings. The van der Waals surface area contributed by atoms with Gasteiger partial charge < -0.3 is 5.32 Å². The second kappa shape index (κ2) is 11.4. The Balaban J connectivity index is 2.06. The van der Waals surface area contributed by atoms with Gasteiger partial charge in [0.25, 0.3) is 0 Å². The fourth-order valence-electron chi connectivity index (χ4n) is 3.10. The summed E-state index contributed by atoms with van der Waals surface area (Å²) >= 11 is 0. The Labute approximate surface area is 187 Å². The fourth-order valence-corrected chi connectivity index (χ4v) is 3.10. The van der Waals surface area contributed by atoms with E-state index >= 15 is 0 Å². The van der Waals surface area contributed by atoms with E-state index in [1.54, 1.807) is 24.5 Å². The van der Waals surface area contributed by atoms with E-state index < -0.39 is 0 Å². The molecule has 1 aromatic heterocycles. The van der Waals surface area contributed by atoms with Crippen molar-refractivity contribution in [1.29, 1.82) is 0 Å². The van der Waals surface area contributed by atoms with Gasteiger partial charge in [-0.2, -0.15) is 0 Å². The number of benzene rings is 1. The molecular formula is C25H25FN6. The molecule has 0 atom stereocenters. The van der Waals surface area contributed by atoms with Crippen LogP contribution in [0.15, 0.2) is 98.1 Å². The number of pyridine rings is 1. The number of nitrogens with one attached hydrogen (secondary N) is 1. The number of hydrogen-bond acceptors (Lipinski definition) is 4. The maximum atomic E-state index is 13.5. The third-order valence-corrected chi connectivity index (χ3v) is 4.65. The van der Waals surface area contributed by atoms with Crippen molar-refractivity contribution < 1.29 is 4.39 Å². The summed E-state index contributed by atoms with van der Waals surface area (Å²) in [5.74, 6) is 1.09. The molecule has 0 amide bonds. The normalized spacial score (nSPS) is 17.5. The monoisotopic (exact) mass is 428 g/mol. The molecule has 0 fully saturated rings. The molecule has 0 aliphatic carbocycles. The molecule has 6 nitrogen and oxygen atoms in total. The minimum Gasteiger partial charge on any atom is -0.325 e. The van der Waals surface area contributed by atoms with Crippen molar-refractivity contribution in [2.45, 2.75) is 20.4 Å². The van der Waals surface area contributed by atoms with Crippen molar-refractivity contribution in [3.63, 3.8) is 0 Å². The Bertz CT molecular complexity index is 1120. The molecule has 0 saturated heterocycles. The number of nitrogens with zero attached hydrogens (tertiary/aromatic N) is 5. The lowest BCUT2D eigenvalue weighted by molar-refractivity contribution is 0.627. The van der Waals surface area contributed by atoms with Crippen LogP contribution in [0.3, 0.4) is 0 Å². The summed E-state index contributed by atoms with van der Waals surface area (Å²) in [6, 6.07) is 12.2. The van der Waals surface area contributed by atoms with E-state index in [0.29, 0.717) is 24.8 Å². The maximum absolute atomic E-state index is 13.5. The van der Waals surface area contributed by atoms with E-state index in [4.69, 9.17) is 9.98 Å². The number of aromatic nitrogens is 1. The molecule has 0 radical (unpaired) electrons. The van der Waals surface area contributed by atoms with Gasteiger partial charge in [-0.05, 0) is 56.0 Å². The molecule has 1 aliphatic heterocycles. The number of amidine groups is 2. The molecule has 1 aromatic carbocycles. The highest BCUT2D eigenvalue weighted by atomic mass is 19.1. The Morgan fingerprint density at radius 3 is 2.72 bits per heavy atom. The van der Waals surface area contributed by atoms with E-state index in [2.05, 4.69) is 27.0 Å². The standard InChI is InChI=1S/C25H25FN6/c1-4-7-22(19-9-11-20(26)12-10-19)23-16-31-24(18(2)14-28-17-27-3)32-25(23)30-15-21-8-5-6-13-29-21/h4-14,17H,3,15-16H2,1-2H3,(H,30,31,32)/b7-4-,18-14+,23-22-,28-17?. The van der Waals surface area contributed by atoms with Gasteiger partial charge in [-0.15, -0.1) is 0 Å². The zero-order valence-corrected chi connectivity index (χ0v) is 18.2. The molecular weight excluding hydrogens is 403 g/mol. The Morgan fingerprint density at radius 1 is 1.22 bits per heavy atom. The van der Waals surface area contributed by atoms with Gasteiger partial charge >= 0.3 is 0 Å². The van der Waals surface area contributed by atoms with Crippen LogP contribution in [0, 0.1) is 5.82 Å². The molecule has 0 saturated carbocycles. The number of hydrogen-bond donors (Lipinski definition) is 1. The molecule has 1 aliphatic rings. The summed E-state index contributed by atoms with van der Waals surface area (Å²) in [4.78, 5) is 21.6. The lowest BCUT2D eigenvalue weighted by atomic mass is 9.97. The quantitative estimate of drug-likeness (QED) is 0.509. The van der Waals surface area contributed by atoms with Crippen molar-refractivity contribution in [3.8, 4) is 0 Å². The Morgan fingerprint density at radius 2 is 2.03 bits per heavy atom. The highest BCUT2D eigenvalue weighted by Crippen LogP contribution is 2.24. The summed E-state index contributed by atoms with van der Waals surface area (Å²) in [6.45, 7) is 8.05. The summed E-state index contributed by atoms with van der Waals surface area (Å²) in [6.07, 6.45) is 8.72. The smallest absolute Gasteiger partial charge is 0.132 e. The SMILES string of the molecule is C=NC=N/C=C(\C)C1=NC/C(=C(\C=C/C)c2ccc(F)cc2)C(=NCc2ccccn2)N1. The van der Waals surface area contributed by atoms with Gasteiger partial charge in [0.1, 0.15) is 23.8 Å². The topological polar surface area (TPSA) is 74.4 Å². The van der Waals surface area contributed by atoms with Crippen molar-refractivity contribution in [2.24, 2.45) is 20.0 Å². The summed E-state index contributed by atoms with van der Waals surface area (Å²) in [7, 11) is 0. The van der Waals surface area contributed by atoms with Crippen LogP contribution in [0.25, 0.3) is 5.57 Å². The maximum Gasteiger partial charge on any atom is 0.132 e. The van der Waals surface area contributed by atoms with E-state index in [0.717, 1.165) is 28.0 Å². The van der Waals surface area contributed by atoms with Crippen LogP contribution < -0.4 is 5.32 Å². The van der Waals surface area contributed by atoms with Crippen molar-refractivity contribution in [1.82, 2.24) is 10.3 Å². The van der Waals surface area contributed by atoms with Crippen LogP contribution in [-0.2, 0) is 6.54 Å². The van der Waals surface area contributed by atoms with Crippen LogP contribution >= 0.6 is 0 Å². The first-order valence-electron chi connectivity index (χ1n) is 10.1. The van der Waals surface area contributed by atoms with E-state index in [1.807, 2.05) is 44.2 Å². The minimum atomic E-state index is -0.278. The third kappa shape index (κ3) is 6.01. The average Bonchev–Trinajstić information content (AvgIpc) is 2.82. The van der Waals surface area contributed by atoms with Crippen molar-refractivity contribution in [3.05, 3.63) is 95.2 Å². The van der Waals surface area contributed by atoms with E-state index in [9.17, 15) is 4.39 Å². The lowest BCUT2D eigenvalue weighted by Gasteiger charge is -2.22. The highest BCUT2D eigenvalue weighted by Gasteiger charge is 2.20. The molecule has 0 unspecified atom stereocenters. The Hall–Kier alpha value is -4.00. The molecule has 2 heterocycles. The fraction of sp³-hybridized carbons (Fsp3) is 0.160. The van der Waals surface area contributed by atoms with Gasteiger partial charge in [-0.25, -0.2) is 9.38 Å². The predicted octanol–water partition coefficient (Wildman–Crippen LogP) is 4.78. The third-order valence-electron chi connectivity index (χ3n) is 4.65. The van der Waals surface area contributed by atoms with E-state index in [-0.39, 0.29) is 5.82 Å². The van der Waals surface area contributed by atoms with E-state index in [1.165, 1.54) is 18.5 Å². The van der Waals surface area contributed by atoms with Crippen LogP contribution in [0.2, 0.25) is 0 Å². The summed E-state index contributed by atoms with van der Waals surface area (Å²) in [5, 5.41) is 3.34. The molecule has 3 rings (SSSR count). The largest absolute Gasteiger partial charge is 0.325 e. The number of halogens is 1. The Kier molecular flexibility index (Phi) is 8.09. The average molecular weight is 429 g/mol. The number of allylic oxidation sites excluding steroid dienone is 3. The zero-order valence-electron chi connectivity index (χ0n) is 18.2. The summed E-state index contributed by atoms with van der Waals surface area (Å²) in [5.41, 5.74) is 4.42. The van der Waals surface area contributed by atoms with Gasteiger partial charge in [-0.3, -0.25) is 20.0 Å². The molecule has 32 heavy (non-hydrogen) atoms. The zero-order chi connectivity index (χ0) is 22.8. The highest BCUT2D eigenvalue weighted by molar-refractivity contribution is 6.19. The van der Waals surface area contributed by atoms with Gasteiger partial charge in [-0.1, -0.05) is 30.4 Å². The second-order valence-electron chi connectivity index (χ2n) is 6.93. The van der Waals surface area contributed by atoms with Gasteiger partial charge in [0.15, 0.2) is 0 Å². The van der Waals surface area contributed by atoms with Crippen LogP contribution in [0.4, 0.5) is 4.39 Å². The molecule has 0 bridgehead atoms. The molecule has 7 heteroatoms. The number of aliphatic imine (C=N–C) groups is 4. The molecule has 1 N–H and O–H groups in total. The van der Waals surface area contributed by atoms with Crippen LogP contribution in [0.5, 0.6) is 0 Å². The minimum absolute atomic E-state index is 0.278. The van der Waals surface area contributed by atoms with Gasteiger partial charge in [0.2, 0.25) is 0 Å². The summed E-state index contributed by atoms with van der Waals surface area (Å²) < 4.78 is 13.5. The first kappa shape index (κ1) is 22.7. The van der Waals surface area contributed by atoms with Crippen molar-refractivity contribution >= 4 is 30.3 Å². The van der Waals surface area contributed by atoms with Crippen molar-refractivity contribution in [2.75, 3.05) is 6.54 Å². The van der Waals surface area contributed by atoms with Gasteiger partial charge in [0.05, 0.1) is 18.8 Å². The predicted molar refractivity (Wildman–Crippen MR) is 131 cm³/mol. The molecule has 0 spiro atoms. The second-order valence-corrected chi connectivity index (χ2v) is 6.93.